The molecule has 0 saturated carbocycles. The minimum absolute atomic E-state index is 0.186. The molecule has 5 aromatic rings. The Morgan fingerprint density at radius 2 is 1.22 bits per heavy atom. The maximum Gasteiger partial charge on any atom is 0.322 e. The van der Waals surface area contributed by atoms with Crippen LogP contribution in [0.4, 0.5) is 17.6 Å². The number of primary amides is 2. The Morgan fingerprint density at radius 3 is 1.80 bits per heavy atom. The number of alkyl halides is 4. The Balaban J connectivity index is 0.000000470. The molecule has 0 aliphatic heterocycles. The van der Waals surface area contributed by atoms with E-state index in [1.165, 1.54) is 0 Å². The Morgan fingerprint density at radius 1 is 0.660 bits per heavy atom. The van der Waals surface area contributed by atoms with Gasteiger partial charge < -0.3 is 30.2 Å². The largest absolute Gasteiger partial charge is 0.457 e. The number of ether oxygens (including phenoxy) is 3. The minimum Gasteiger partial charge on any atom is -0.457 e. The molecule has 12 heteroatoms. The fraction of sp³-hybridized carbons (Fsp3) is 0.158. The zero-order valence-corrected chi connectivity index (χ0v) is 26.5. The number of hydrogen-bond donors (Lipinski definition) is 2. The van der Waals surface area contributed by atoms with Gasteiger partial charge in [-0.1, -0.05) is 60.7 Å². The van der Waals surface area contributed by atoms with Gasteiger partial charge in [0.05, 0.1) is 13.2 Å². The second kappa shape index (κ2) is 15.2. The molecule has 1 heterocycles. The smallest absolute Gasteiger partial charge is 0.322 e. The number of nitrogens with zero attached hydrogens (tertiary/aromatic N) is 1. The van der Waals surface area contributed by atoms with Crippen LogP contribution < -0.4 is 16.2 Å². The van der Waals surface area contributed by atoms with Crippen molar-refractivity contribution in [1.29, 1.82) is 0 Å². The summed E-state index contributed by atoms with van der Waals surface area (Å²) < 4.78 is 79.7. The number of aromatic nitrogens is 1. The second-order valence-electron chi connectivity index (χ2n) is 11.3. The molecule has 50 heavy (non-hydrogen) atoms. The van der Waals surface area contributed by atoms with E-state index in [2.05, 4.69) is 0 Å². The van der Waals surface area contributed by atoms with Gasteiger partial charge in [-0.25, -0.2) is 8.78 Å². The fourth-order valence-electron chi connectivity index (χ4n) is 5.19. The molecule has 1 aliphatic rings. The van der Waals surface area contributed by atoms with Gasteiger partial charge in [-0.2, -0.15) is 8.78 Å². The van der Waals surface area contributed by atoms with Crippen molar-refractivity contribution in [1.82, 2.24) is 4.57 Å². The Labute approximate surface area is 285 Å². The summed E-state index contributed by atoms with van der Waals surface area (Å²) in [6.07, 6.45) is 4.26. The average molecular weight is 688 g/mol. The van der Waals surface area contributed by atoms with Crippen LogP contribution in [0.5, 0.6) is 11.5 Å². The number of halogens is 4. The van der Waals surface area contributed by atoms with E-state index in [9.17, 15) is 18.4 Å². The van der Waals surface area contributed by atoms with Gasteiger partial charge >= 0.3 is 5.92 Å². The summed E-state index contributed by atoms with van der Waals surface area (Å²) in [5.74, 6) is -16.3. The number of allylic oxidation sites excluding steroid dienone is 1. The molecule has 6 rings (SSSR count). The number of rotatable bonds is 11. The molecular formula is C38H33F4N3O5. The lowest BCUT2D eigenvalue weighted by Crippen LogP contribution is -2.64. The van der Waals surface area contributed by atoms with Crippen LogP contribution in [0, 0.1) is 5.92 Å². The van der Waals surface area contributed by atoms with Crippen molar-refractivity contribution in [2.75, 3.05) is 0 Å². The number of carbonyl (C=O) groups excluding carboxylic acids is 2. The molecule has 1 aliphatic carbocycles. The summed E-state index contributed by atoms with van der Waals surface area (Å²) in [5, 5.41) is 0. The predicted octanol–water partition coefficient (Wildman–Crippen LogP) is 7.43. The molecule has 0 saturated heterocycles. The quantitative estimate of drug-likeness (QED) is 0.0851. The van der Waals surface area contributed by atoms with E-state index >= 15 is 8.78 Å². The molecule has 0 fully saturated rings. The Hall–Kier alpha value is -5.72. The minimum atomic E-state index is -4.53. The Bertz CT molecular complexity index is 1920. The number of amides is 2. The number of benzene rings is 4. The first-order chi connectivity index (χ1) is 23.9. The van der Waals surface area contributed by atoms with Crippen molar-refractivity contribution in [3.8, 4) is 17.2 Å². The molecule has 4 N–H and O–H groups in total. The van der Waals surface area contributed by atoms with Gasteiger partial charge in [0.25, 0.3) is 11.7 Å². The van der Waals surface area contributed by atoms with Crippen LogP contribution in [0.15, 0.2) is 146 Å². The topological polar surface area (TPSA) is 119 Å². The molecule has 4 aromatic carbocycles. The summed E-state index contributed by atoms with van der Waals surface area (Å²) in [7, 11) is 0. The van der Waals surface area contributed by atoms with E-state index in [-0.39, 0.29) is 12.0 Å². The highest BCUT2D eigenvalue weighted by Gasteiger charge is 2.71. The van der Waals surface area contributed by atoms with Crippen LogP contribution in [0.1, 0.15) is 21.5 Å². The molecule has 0 radical (unpaired) electrons. The highest BCUT2D eigenvalue weighted by Crippen LogP contribution is 2.51. The average Bonchev–Trinajstić information content (AvgIpc) is 3.64. The highest BCUT2D eigenvalue weighted by atomic mass is 19.3. The molecule has 0 bridgehead atoms. The van der Waals surface area contributed by atoms with Crippen molar-refractivity contribution in [2.24, 2.45) is 17.4 Å². The van der Waals surface area contributed by atoms with Crippen LogP contribution in [0.25, 0.3) is 5.69 Å². The van der Waals surface area contributed by atoms with Gasteiger partial charge in [-0.05, 0) is 83.9 Å². The second-order valence-corrected chi connectivity index (χ2v) is 11.3. The number of carbonyl (C=O) groups is 2. The van der Waals surface area contributed by atoms with Crippen molar-refractivity contribution >= 4 is 11.8 Å². The van der Waals surface area contributed by atoms with Crippen LogP contribution in [-0.2, 0) is 27.5 Å². The lowest BCUT2D eigenvalue weighted by molar-refractivity contribution is -0.350. The van der Waals surface area contributed by atoms with Gasteiger partial charge in [0, 0.05) is 23.6 Å². The summed E-state index contributed by atoms with van der Waals surface area (Å²) in [4.78, 5) is 22.3. The number of nitrogens with two attached hydrogens (primary N) is 2. The van der Waals surface area contributed by atoms with Crippen molar-refractivity contribution in [3.05, 3.63) is 163 Å². The molecule has 2 amide bonds. The molecule has 8 nitrogen and oxygen atoms in total. The third-order valence-electron chi connectivity index (χ3n) is 7.68. The van der Waals surface area contributed by atoms with E-state index in [1.54, 1.807) is 114 Å². The SMILES string of the molecule is NC(=O)C1C(F)(F)C=CC(OCc2cccc(Oc3ccccc3)c2)(OCc2cccc(-n3cccc3)c2)C1(F)F.NC(=O)c1ccccc1. The monoisotopic (exact) mass is 687 g/mol. The maximum absolute atomic E-state index is 15.9. The molecule has 0 spiro atoms. The van der Waals surface area contributed by atoms with Gasteiger partial charge in [-0.3, -0.25) is 9.59 Å². The Kier molecular flexibility index (Phi) is 10.8. The first-order valence-electron chi connectivity index (χ1n) is 15.3. The molecule has 2 atom stereocenters. The molecule has 2 unspecified atom stereocenters. The molecule has 258 valence electrons. The van der Waals surface area contributed by atoms with E-state index in [0.29, 0.717) is 34.3 Å². The fourth-order valence-corrected chi connectivity index (χ4v) is 5.19. The number of para-hydroxylation sites is 1. The van der Waals surface area contributed by atoms with Crippen LogP contribution in [-0.4, -0.2) is 34.0 Å². The van der Waals surface area contributed by atoms with E-state index in [4.69, 9.17) is 25.7 Å². The van der Waals surface area contributed by atoms with E-state index in [0.717, 1.165) is 5.69 Å². The summed E-state index contributed by atoms with van der Waals surface area (Å²) in [5.41, 5.74) is 12.2. The van der Waals surface area contributed by atoms with Gasteiger partial charge in [0.1, 0.15) is 11.5 Å². The number of hydrogen-bond acceptors (Lipinski definition) is 5. The maximum atomic E-state index is 15.9. The van der Waals surface area contributed by atoms with Crippen molar-refractivity contribution in [3.63, 3.8) is 0 Å². The van der Waals surface area contributed by atoms with Gasteiger partial charge in [-0.15, -0.1) is 0 Å². The summed E-state index contributed by atoms with van der Waals surface area (Å²) in [6.45, 7) is -0.921. The van der Waals surface area contributed by atoms with E-state index in [1.807, 2.05) is 24.3 Å². The molecule has 1 aromatic heterocycles. The third kappa shape index (κ3) is 8.28. The van der Waals surface area contributed by atoms with Crippen molar-refractivity contribution < 1.29 is 41.4 Å². The zero-order chi connectivity index (χ0) is 35.8. The normalized spacial score (nSPS) is 18.8. The predicted molar refractivity (Wildman–Crippen MR) is 178 cm³/mol. The summed E-state index contributed by atoms with van der Waals surface area (Å²) in [6, 6.07) is 34.6. The highest BCUT2D eigenvalue weighted by molar-refractivity contribution is 5.92. The lowest BCUT2D eigenvalue weighted by Gasteiger charge is -2.44. The van der Waals surface area contributed by atoms with Crippen LogP contribution in [0.2, 0.25) is 0 Å². The lowest BCUT2D eigenvalue weighted by atomic mass is 9.82. The van der Waals surface area contributed by atoms with Crippen LogP contribution >= 0.6 is 0 Å². The third-order valence-corrected chi connectivity index (χ3v) is 7.68. The first-order valence-corrected chi connectivity index (χ1v) is 15.3. The zero-order valence-electron chi connectivity index (χ0n) is 26.5. The van der Waals surface area contributed by atoms with E-state index < -0.39 is 42.7 Å². The van der Waals surface area contributed by atoms with Crippen molar-refractivity contribution in [2.45, 2.75) is 30.8 Å². The summed E-state index contributed by atoms with van der Waals surface area (Å²) >= 11 is 0. The standard InChI is InChI=1S/C31H26F4N2O4.C7H7NO/c32-29(33)14-15-30(31(34,35)27(29)28(36)38,39-20-22-8-6-10-24(18-22)37-16-4-5-17-37)40-21-23-9-7-13-26(19-23)41-25-11-2-1-3-12-25;8-7(9)6-4-2-1-3-5-6/h1-19,27H,20-21H2,(H2,36,38);1-5H,(H2,8,9). The van der Waals surface area contributed by atoms with Gasteiger partial charge in [0.15, 0.2) is 5.92 Å². The van der Waals surface area contributed by atoms with Gasteiger partial charge in [0.2, 0.25) is 11.8 Å². The first kappa shape index (κ1) is 35.6. The molecular weight excluding hydrogens is 654 g/mol. The van der Waals surface area contributed by atoms with Crippen LogP contribution in [0.3, 0.4) is 0 Å².